The maximum Gasteiger partial charge on any atom is 0.257 e. The summed E-state index contributed by atoms with van der Waals surface area (Å²) in [6.45, 7) is 0. The molecule has 0 saturated heterocycles. The summed E-state index contributed by atoms with van der Waals surface area (Å²) in [5, 5.41) is 3.11. The fourth-order valence-corrected chi connectivity index (χ4v) is 1.90. The van der Waals surface area contributed by atoms with Gasteiger partial charge in [0.2, 0.25) is 5.56 Å². The number of aromatic nitrogens is 1. The van der Waals surface area contributed by atoms with Crippen molar-refractivity contribution in [3.8, 4) is 0 Å². The van der Waals surface area contributed by atoms with Crippen LogP contribution in [0, 0.1) is 0 Å². The highest BCUT2D eigenvalue weighted by Gasteiger charge is 2.09. The number of rotatable bonds is 2. The first-order valence-electron chi connectivity index (χ1n) is 5.22. The number of hydrogen-bond acceptors (Lipinski definition) is 3. The number of hydrogen-bond donors (Lipinski definition) is 3. The molecule has 1 amide bonds. The van der Waals surface area contributed by atoms with E-state index >= 15 is 0 Å². The minimum atomic E-state index is -0.395. The van der Waals surface area contributed by atoms with E-state index < -0.39 is 5.91 Å². The van der Waals surface area contributed by atoms with Crippen LogP contribution in [-0.2, 0) is 0 Å². The molecule has 0 aliphatic heterocycles. The largest absolute Gasteiger partial charge is 0.396 e. The zero-order chi connectivity index (χ0) is 14.0. The number of nitrogens with two attached hydrogens (primary N) is 1. The van der Waals surface area contributed by atoms with E-state index in [2.05, 4.69) is 10.3 Å². The Hall–Kier alpha value is -1.98. The Bertz CT molecular complexity index is 654. The Kier molecular flexibility index (Phi) is 3.78. The smallest absolute Gasteiger partial charge is 0.257 e. The van der Waals surface area contributed by atoms with Gasteiger partial charge in [-0.1, -0.05) is 23.2 Å². The quantitative estimate of drug-likeness (QED) is 0.744. The lowest BCUT2D eigenvalue weighted by atomic mass is 10.2. The second-order valence-electron chi connectivity index (χ2n) is 3.75. The average Bonchev–Trinajstić information content (AvgIpc) is 2.36. The molecule has 98 valence electrons. The van der Waals surface area contributed by atoms with Crippen LogP contribution < -0.4 is 16.6 Å². The number of nitrogens with one attached hydrogen (secondary N) is 2. The molecular formula is C12H9Cl2N3O2. The molecule has 1 heterocycles. The predicted octanol–water partition coefficient (Wildman–Crippen LogP) is 2.52. The van der Waals surface area contributed by atoms with Gasteiger partial charge in [-0.2, -0.15) is 0 Å². The second-order valence-corrected chi connectivity index (χ2v) is 4.56. The lowest BCUT2D eigenvalue weighted by molar-refractivity contribution is 0.102. The number of carbonyl (C=O) groups excluding carboxylic acids is 1. The Morgan fingerprint density at radius 3 is 2.37 bits per heavy atom. The summed E-state index contributed by atoms with van der Waals surface area (Å²) in [5.74, 6) is -0.395. The molecule has 1 aromatic carbocycles. The van der Waals surface area contributed by atoms with E-state index in [0.29, 0.717) is 11.3 Å². The number of H-pyrrole nitrogens is 1. The van der Waals surface area contributed by atoms with Gasteiger partial charge in [0.15, 0.2) is 0 Å². The minimum absolute atomic E-state index is 0.254. The third kappa shape index (κ3) is 3.07. The molecule has 0 fully saturated rings. The number of aromatic amines is 1. The molecule has 0 unspecified atom stereocenters. The Balaban J connectivity index is 2.24. The molecule has 0 saturated carbocycles. The number of carbonyl (C=O) groups is 1. The highest BCUT2D eigenvalue weighted by Crippen LogP contribution is 2.31. The van der Waals surface area contributed by atoms with Crippen LogP contribution in [0.4, 0.5) is 11.4 Å². The Morgan fingerprint density at radius 1 is 1.21 bits per heavy atom. The minimum Gasteiger partial charge on any atom is -0.396 e. The number of pyridine rings is 1. The van der Waals surface area contributed by atoms with Crippen molar-refractivity contribution >= 4 is 40.5 Å². The molecule has 0 bridgehead atoms. The number of benzene rings is 1. The van der Waals surface area contributed by atoms with Crippen LogP contribution in [-0.4, -0.2) is 10.9 Å². The van der Waals surface area contributed by atoms with E-state index in [1.165, 1.54) is 30.5 Å². The zero-order valence-electron chi connectivity index (χ0n) is 9.54. The molecule has 5 nitrogen and oxygen atoms in total. The highest BCUT2D eigenvalue weighted by molar-refractivity contribution is 6.39. The fraction of sp³-hybridized carbons (Fsp3) is 0. The molecular weight excluding hydrogens is 289 g/mol. The van der Waals surface area contributed by atoms with E-state index in [1.807, 2.05) is 0 Å². The molecule has 0 aliphatic carbocycles. The Labute approximate surface area is 118 Å². The first kappa shape index (κ1) is 13.5. The van der Waals surface area contributed by atoms with Crippen LogP contribution in [0.3, 0.4) is 0 Å². The predicted molar refractivity (Wildman–Crippen MR) is 75.9 cm³/mol. The van der Waals surface area contributed by atoms with Crippen LogP contribution >= 0.6 is 23.2 Å². The lowest BCUT2D eigenvalue weighted by Crippen LogP contribution is -2.14. The van der Waals surface area contributed by atoms with Crippen molar-refractivity contribution < 1.29 is 4.79 Å². The summed E-state index contributed by atoms with van der Waals surface area (Å²) in [6, 6.07) is 5.66. The van der Waals surface area contributed by atoms with Crippen molar-refractivity contribution in [1.29, 1.82) is 0 Å². The summed E-state index contributed by atoms with van der Waals surface area (Å²) in [6.07, 6.45) is 1.32. The molecule has 0 spiro atoms. The first-order chi connectivity index (χ1) is 8.97. The van der Waals surface area contributed by atoms with Gasteiger partial charge in [0.1, 0.15) is 0 Å². The molecule has 0 radical (unpaired) electrons. The van der Waals surface area contributed by atoms with E-state index in [-0.39, 0.29) is 21.3 Å². The topological polar surface area (TPSA) is 88.0 Å². The Morgan fingerprint density at radius 2 is 1.84 bits per heavy atom. The van der Waals surface area contributed by atoms with Crippen LogP contribution in [0.2, 0.25) is 10.0 Å². The molecule has 19 heavy (non-hydrogen) atoms. The summed E-state index contributed by atoms with van der Waals surface area (Å²) in [4.78, 5) is 25.2. The van der Waals surface area contributed by atoms with Crippen molar-refractivity contribution in [3.63, 3.8) is 0 Å². The molecule has 2 rings (SSSR count). The maximum absolute atomic E-state index is 11.9. The van der Waals surface area contributed by atoms with Crippen LogP contribution in [0.1, 0.15) is 10.4 Å². The van der Waals surface area contributed by atoms with Gasteiger partial charge in [-0.3, -0.25) is 9.59 Å². The van der Waals surface area contributed by atoms with E-state index in [1.54, 1.807) is 0 Å². The highest BCUT2D eigenvalue weighted by atomic mass is 35.5. The van der Waals surface area contributed by atoms with E-state index in [0.717, 1.165) is 0 Å². The third-order valence-electron chi connectivity index (χ3n) is 2.38. The van der Waals surface area contributed by atoms with Gasteiger partial charge >= 0.3 is 0 Å². The maximum atomic E-state index is 11.9. The summed E-state index contributed by atoms with van der Waals surface area (Å²) in [7, 11) is 0. The van der Waals surface area contributed by atoms with Crippen molar-refractivity contribution in [2.24, 2.45) is 0 Å². The number of halogens is 2. The van der Waals surface area contributed by atoms with Gasteiger partial charge in [-0.05, 0) is 18.2 Å². The van der Waals surface area contributed by atoms with Gasteiger partial charge in [-0.25, -0.2) is 0 Å². The number of amides is 1. The monoisotopic (exact) mass is 297 g/mol. The molecule has 4 N–H and O–H groups in total. The summed E-state index contributed by atoms with van der Waals surface area (Å²) < 4.78 is 0. The standard InChI is InChI=1S/C12H9Cl2N3O2/c13-8-3-7(4-9(14)11(8)15)17-12(19)6-1-2-10(18)16-5-6/h1-5H,15H2,(H,16,18)(H,17,19). The van der Waals surface area contributed by atoms with Crippen molar-refractivity contribution in [1.82, 2.24) is 4.98 Å². The zero-order valence-corrected chi connectivity index (χ0v) is 11.0. The van der Waals surface area contributed by atoms with Gasteiger partial charge in [0.25, 0.3) is 5.91 Å². The number of anilines is 2. The average molecular weight is 298 g/mol. The van der Waals surface area contributed by atoms with E-state index in [9.17, 15) is 9.59 Å². The van der Waals surface area contributed by atoms with Crippen molar-refractivity contribution in [2.75, 3.05) is 11.1 Å². The SMILES string of the molecule is Nc1c(Cl)cc(NC(=O)c2ccc(=O)[nH]c2)cc1Cl. The molecule has 7 heteroatoms. The molecule has 0 atom stereocenters. The van der Waals surface area contributed by atoms with Gasteiger partial charge < -0.3 is 16.0 Å². The van der Waals surface area contributed by atoms with Crippen LogP contribution in [0.25, 0.3) is 0 Å². The molecule has 2 aromatic rings. The van der Waals surface area contributed by atoms with Crippen LogP contribution in [0.15, 0.2) is 35.3 Å². The van der Waals surface area contributed by atoms with Gasteiger partial charge in [0, 0.05) is 18.0 Å². The van der Waals surface area contributed by atoms with Crippen LogP contribution in [0.5, 0.6) is 0 Å². The van der Waals surface area contributed by atoms with Crippen molar-refractivity contribution in [3.05, 3.63) is 56.4 Å². The fourth-order valence-electron chi connectivity index (χ4n) is 1.41. The van der Waals surface area contributed by atoms with Gasteiger partial charge in [0.05, 0.1) is 21.3 Å². The molecule has 0 aliphatic rings. The van der Waals surface area contributed by atoms with Crippen molar-refractivity contribution in [2.45, 2.75) is 0 Å². The molecule has 1 aromatic heterocycles. The lowest BCUT2D eigenvalue weighted by Gasteiger charge is -2.08. The van der Waals surface area contributed by atoms with E-state index in [4.69, 9.17) is 28.9 Å². The summed E-state index contributed by atoms with van der Waals surface area (Å²) in [5.41, 5.74) is 6.29. The summed E-state index contributed by atoms with van der Waals surface area (Å²) >= 11 is 11.7. The third-order valence-corrected chi connectivity index (χ3v) is 3.01. The first-order valence-corrected chi connectivity index (χ1v) is 5.97. The van der Waals surface area contributed by atoms with Gasteiger partial charge in [-0.15, -0.1) is 0 Å². The normalized spacial score (nSPS) is 10.2. The number of nitrogen functional groups attached to an aromatic ring is 1. The second kappa shape index (κ2) is 5.34.